The van der Waals surface area contributed by atoms with Gasteiger partial charge in [0, 0.05) is 28.9 Å². The standard InChI is InChI=1S/C25H20ClN3O3/c1-30-19-5-3-17(24(12-19)31-2)13-27-23-14-28-29-22-11-15(4-6-20(22)23)18-9-16-7-8-32-25(16)21(26)10-18/h3-12,14H,13H2,1-2H3,(H,27,29). The molecule has 32 heavy (non-hydrogen) atoms. The molecule has 3 aromatic carbocycles. The van der Waals surface area contributed by atoms with Gasteiger partial charge in [0.25, 0.3) is 0 Å². The predicted molar refractivity (Wildman–Crippen MR) is 127 cm³/mol. The average Bonchev–Trinajstić information content (AvgIpc) is 3.31. The van der Waals surface area contributed by atoms with E-state index < -0.39 is 0 Å². The van der Waals surface area contributed by atoms with Crippen molar-refractivity contribution in [3.05, 3.63) is 77.6 Å². The summed E-state index contributed by atoms with van der Waals surface area (Å²) < 4.78 is 16.2. The molecule has 0 saturated heterocycles. The molecule has 0 aliphatic rings. The van der Waals surface area contributed by atoms with Gasteiger partial charge in [-0.15, -0.1) is 0 Å². The first-order chi connectivity index (χ1) is 15.7. The maximum Gasteiger partial charge on any atom is 0.152 e. The van der Waals surface area contributed by atoms with E-state index in [4.69, 9.17) is 25.5 Å². The lowest BCUT2D eigenvalue weighted by atomic mass is 10.0. The molecule has 1 N–H and O–H groups in total. The zero-order chi connectivity index (χ0) is 22.1. The van der Waals surface area contributed by atoms with E-state index in [9.17, 15) is 0 Å². The van der Waals surface area contributed by atoms with Crippen LogP contribution in [0.15, 0.2) is 71.5 Å². The van der Waals surface area contributed by atoms with Crippen LogP contribution in [0.2, 0.25) is 5.02 Å². The fraction of sp³-hybridized carbons (Fsp3) is 0.120. The summed E-state index contributed by atoms with van der Waals surface area (Å²) in [6.07, 6.45) is 3.37. The summed E-state index contributed by atoms with van der Waals surface area (Å²) >= 11 is 6.39. The summed E-state index contributed by atoms with van der Waals surface area (Å²) in [6.45, 7) is 0.572. The van der Waals surface area contributed by atoms with Crippen LogP contribution in [0.25, 0.3) is 33.0 Å². The molecule has 0 bridgehead atoms. The Labute approximate surface area is 189 Å². The Balaban J connectivity index is 1.45. The number of methoxy groups -OCH3 is 2. The lowest BCUT2D eigenvalue weighted by Crippen LogP contribution is -2.03. The molecule has 0 fully saturated rings. The summed E-state index contributed by atoms with van der Waals surface area (Å²) in [5, 5.41) is 14.5. The van der Waals surface area contributed by atoms with Crippen LogP contribution in [-0.4, -0.2) is 24.4 Å². The van der Waals surface area contributed by atoms with E-state index in [1.54, 1.807) is 26.7 Å². The molecular formula is C25H20ClN3O3. The third-order valence-corrected chi connectivity index (χ3v) is 5.72. The number of nitrogens with one attached hydrogen (secondary N) is 1. The van der Waals surface area contributed by atoms with Gasteiger partial charge in [-0.05, 0) is 53.6 Å². The van der Waals surface area contributed by atoms with Crippen LogP contribution in [0, 0.1) is 0 Å². The maximum atomic E-state index is 6.39. The molecule has 0 aliphatic carbocycles. The maximum absolute atomic E-state index is 6.39. The van der Waals surface area contributed by atoms with Crippen LogP contribution in [0.5, 0.6) is 11.5 Å². The van der Waals surface area contributed by atoms with Gasteiger partial charge in [0.2, 0.25) is 0 Å². The molecule has 2 heterocycles. The van der Waals surface area contributed by atoms with Crippen LogP contribution >= 0.6 is 11.6 Å². The number of furan rings is 1. The molecular weight excluding hydrogens is 426 g/mol. The first-order valence-corrected chi connectivity index (χ1v) is 10.4. The van der Waals surface area contributed by atoms with Gasteiger partial charge >= 0.3 is 0 Å². The summed E-state index contributed by atoms with van der Waals surface area (Å²) in [4.78, 5) is 0. The molecule has 0 atom stereocenters. The summed E-state index contributed by atoms with van der Waals surface area (Å²) in [5.74, 6) is 1.51. The van der Waals surface area contributed by atoms with E-state index >= 15 is 0 Å². The van der Waals surface area contributed by atoms with E-state index in [1.165, 1.54) is 0 Å². The monoisotopic (exact) mass is 445 g/mol. The number of halogens is 1. The van der Waals surface area contributed by atoms with Crippen molar-refractivity contribution in [1.29, 1.82) is 0 Å². The van der Waals surface area contributed by atoms with Crippen molar-refractivity contribution in [2.24, 2.45) is 0 Å². The molecule has 2 aromatic heterocycles. The smallest absolute Gasteiger partial charge is 0.152 e. The van der Waals surface area contributed by atoms with Crippen LogP contribution in [-0.2, 0) is 6.54 Å². The molecule has 0 radical (unpaired) electrons. The van der Waals surface area contributed by atoms with E-state index in [0.717, 1.165) is 50.2 Å². The van der Waals surface area contributed by atoms with E-state index in [-0.39, 0.29) is 0 Å². The molecule has 7 heteroatoms. The Kier molecular flexibility index (Phi) is 5.29. The average molecular weight is 446 g/mol. The zero-order valence-corrected chi connectivity index (χ0v) is 18.3. The first kappa shape index (κ1) is 20.2. The van der Waals surface area contributed by atoms with Gasteiger partial charge in [0.1, 0.15) is 11.5 Å². The van der Waals surface area contributed by atoms with Crippen molar-refractivity contribution in [2.45, 2.75) is 6.54 Å². The second kappa shape index (κ2) is 8.40. The number of hydrogen-bond acceptors (Lipinski definition) is 6. The van der Waals surface area contributed by atoms with Gasteiger partial charge in [-0.1, -0.05) is 17.7 Å². The molecule has 0 spiro atoms. The predicted octanol–water partition coefficient (Wildman–Crippen LogP) is 6.33. The van der Waals surface area contributed by atoms with Crippen LogP contribution < -0.4 is 14.8 Å². The minimum absolute atomic E-state index is 0.572. The Hall–Kier alpha value is -3.77. The molecule has 6 nitrogen and oxygen atoms in total. The van der Waals surface area contributed by atoms with Gasteiger partial charge in [-0.2, -0.15) is 10.2 Å². The largest absolute Gasteiger partial charge is 0.497 e. The summed E-state index contributed by atoms with van der Waals surface area (Å²) in [5.41, 5.74) is 5.38. The van der Waals surface area contributed by atoms with Crippen LogP contribution in [0.1, 0.15) is 5.56 Å². The van der Waals surface area contributed by atoms with Gasteiger partial charge in [-0.25, -0.2) is 0 Å². The highest BCUT2D eigenvalue weighted by atomic mass is 35.5. The fourth-order valence-corrected chi connectivity index (χ4v) is 4.05. The normalized spacial score (nSPS) is 11.1. The number of anilines is 1. The molecule has 0 unspecified atom stereocenters. The van der Waals surface area contributed by atoms with Gasteiger partial charge < -0.3 is 19.2 Å². The highest BCUT2D eigenvalue weighted by Crippen LogP contribution is 2.33. The molecule has 5 rings (SSSR count). The van der Waals surface area contributed by atoms with E-state index in [0.29, 0.717) is 17.2 Å². The minimum atomic E-state index is 0.572. The topological polar surface area (TPSA) is 69.4 Å². The lowest BCUT2D eigenvalue weighted by molar-refractivity contribution is 0.391. The van der Waals surface area contributed by atoms with E-state index in [1.807, 2.05) is 42.5 Å². The zero-order valence-electron chi connectivity index (χ0n) is 17.6. The van der Waals surface area contributed by atoms with Crippen molar-refractivity contribution in [3.8, 4) is 22.6 Å². The third kappa shape index (κ3) is 3.69. The minimum Gasteiger partial charge on any atom is -0.497 e. The molecule has 160 valence electrons. The van der Waals surface area contributed by atoms with Gasteiger partial charge in [-0.3, -0.25) is 0 Å². The van der Waals surface area contributed by atoms with Gasteiger partial charge in [0.05, 0.1) is 42.9 Å². The third-order valence-electron chi connectivity index (χ3n) is 5.44. The molecule has 0 aliphatic heterocycles. The number of nitrogens with zero attached hydrogens (tertiary/aromatic N) is 2. The Bertz CT molecular complexity index is 1430. The Morgan fingerprint density at radius 2 is 1.88 bits per heavy atom. The van der Waals surface area contributed by atoms with Crippen molar-refractivity contribution in [2.75, 3.05) is 19.5 Å². The van der Waals surface area contributed by atoms with Crippen LogP contribution in [0.4, 0.5) is 5.69 Å². The molecule has 0 saturated carbocycles. The van der Waals surface area contributed by atoms with Crippen molar-refractivity contribution < 1.29 is 13.9 Å². The van der Waals surface area contributed by atoms with Crippen molar-refractivity contribution in [1.82, 2.24) is 10.2 Å². The SMILES string of the molecule is COc1ccc(CNc2cnnc3cc(-c4cc(Cl)c5occc5c4)ccc23)c(OC)c1. The number of fused-ring (bicyclic) bond motifs is 2. The number of aromatic nitrogens is 2. The number of ether oxygens (including phenoxy) is 2. The second-order valence-corrected chi connectivity index (χ2v) is 7.73. The molecule has 0 amide bonds. The second-order valence-electron chi connectivity index (χ2n) is 7.32. The highest BCUT2D eigenvalue weighted by molar-refractivity contribution is 6.35. The van der Waals surface area contributed by atoms with Gasteiger partial charge in [0.15, 0.2) is 5.58 Å². The Morgan fingerprint density at radius 3 is 2.72 bits per heavy atom. The number of rotatable bonds is 6. The number of benzene rings is 3. The quantitative estimate of drug-likeness (QED) is 0.329. The van der Waals surface area contributed by atoms with Crippen LogP contribution in [0.3, 0.4) is 0 Å². The van der Waals surface area contributed by atoms with E-state index in [2.05, 4.69) is 27.6 Å². The Morgan fingerprint density at radius 1 is 0.969 bits per heavy atom. The number of hydrogen-bond donors (Lipinski definition) is 1. The highest BCUT2D eigenvalue weighted by Gasteiger charge is 2.11. The van der Waals surface area contributed by atoms with Crippen molar-refractivity contribution >= 4 is 39.2 Å². The van der Waals surface area contributed by atoms with Crippen molar-refractivity contribution in [3.63, 3.8) is 0 Å². The summed E-state index contributed by atoms with van der Waals surface area (Å²) in [6, 6.07) is 17.7. The summed E-state index contributed by atoms with van der Waals surface area (Å²) in [7, 11) is 3.28. The lowest BCUT2D eigenvalue weighted by Gasteiger charge is -2.13. The fourth-order valence-electron chi connectivity index (χ4n) is 3.77. The molecule has 5 aromatic rings. The first-order valence-electron chi connectivity index (χ1n) is 10.0.